The number of carbonyl (C=O) groups is 1. The van der Waals surface area contributed by atoms with E-state index in [4.69, 9.17) is 0 Å². The van der Waals surface area contributed by atoms with E-state index in [1.807, 2.05) is 0 Å². The Hall–Kier alpha value is -1.77. The van der Waals surface area contributed by atoms with Crippen molar-refractivity contribution in [3.8, 4) is 0 Å². The molecule has 1 fully saturated rings. The van der Waals surface area contributed by atoms with Gasteiger partial charge in [-0.3, -0.25) is 4.79 Å². The maximum atomic E-state index is 13.9. The van der Waals surface area contributed by atoms with Crippen LogP contribution >= 0.6 is 15.9 Å². The molecule has 1 aliphatic rings. The lowest BCUT2D eigenvalue weighted by Crippen LogP contribution is -2.26. The average Bonchev–Trinajstić information content (AvgIpc) is 3.33. The Morgan fingerprint density at radius 3 is 2.56 bits per heavy atom. The number of sulfonamides is 1. The van der Waals surface area contributed by atoms with E-state index in [1.165, 1.54) is 24.3 Å². The van der Waals surface area contributed by atoms with Crippen molar-refractivity contribution in [2.24, 2.45) is 0 Å². The lowest BCUT2D eigenvalue weighted by Gasteiger charge is -2.11. The molecule has 5 nitrogen and oxygen atoms in total. The van der Waals surface area contributed by atoms with E-state index in [-0.39, 0.29) is 22.2 Å². The Kier molecular flexibility index (Phi) is 4.95. The molecule has 25 heavy (non-hydrogen) atoms. The van der Waals surface area contributed by atoms with Crippen molar-refractivity contribution in [1.29, 1.82) is 0 Å². The van der Waals surface area contributed by atoms with Crippen LogP contribution in [0.25, 0.3) is 0 Å². The summed E-state index contributed by atoms with van der Waals surface area (Å²) in [6, 6.07) is 8.58. The quantitative estimate of drug-likeness (QED) is 0.766. The fraction of sp³-hybridized carbons (Fsp3) is 0.235. The van der Waals surface area contributed by atoms with Crippen LogP contribution in [-0.4, -0.2) is 20.4 Å². The molecule has 0 spiro atoms. The minimum atomic E-state index is -3.67. The summed E-state index contributed by atoms with van der Waals surface area (Å²) >= 11 is 3.15. The van der Waals surface area contributed by atoms with Gasteiger partial charge in [0, 0.05) is 16.1 Å². The molecule has 2 N–H and O–H groups in total. The highest BCUT2D eigenvalue weighted by Gasteiger charge is 2.28. The lowest BCUT2D eigenvalue weighted by molar-refractivity contribution is 0.102. The van der Waals surface area contributed by atoms with E-state index in [9.17, 15) is 17.6 Å². The van der Waals surface area contributed by atoms with Crippen molar-refractivity contribution in [2.45, 2.75) is 30.7 Å². The van der Waals surface area contributed by atoms with Crippen molar-refractivity contribution < 1.29 is 17.6 Å². The fourth-order valence-electron chi connectivity index (χ4n) is 2.28. The van der Waals surface area contributed by atoms with Crippen LogP contribution in [0.15, 0.2) is 45.8 Å². The van der Waals surface area contributed by atoms with Crippen LogP contribution in [0.3, 0.4) is 0 Å². The zero-order valence-corrected chi connectivity index (χ0v) is 15.7. The summed E-state index contributed by atoms with van der Waals surface area (Å²) in [6.07, 6.45) is 1.64. The second-order valence-electron chi connectivity index (χ2n) is 5.95. The van der Waals surface area contributed by atoms with Gasteiger partial charge in [-0.2, -0.15) is 0 Å². The van der Waals surface area contributed by atoms with Crippen molar-refractivity contribution >= 4 is 37.5 Å². The largest absolute Gasteiger partial charge is 0.319 e. The summed E-state index contributed by atoms with van der Waals surface area (Å²) in [5, 5.41) is 2.48. The van der Waals surface area contributed by atoms with Crippen LogP contribution in [-0.2, 0) is 10.0 Å². The number of amides is 1. The van der Waals surface area contributed by atoms with E-state index in [2.05, 4.69) is 26.0 Å². The van der Waals surface area contributed by atoms with E-state index < -0.39 is 21.7 Å². The molecule has 0 unspecified atom stereocenters. The number of hydrogen-bond donors (Lipinski definition) is 2. The first-order chi connectivity index (χ1) is 11.8. The summed E-state index contributed by atoms with van der Waals surface area (Å²) in [5.74, 6) is -1.15. The molecule has 0 aliphatic heterocycles. The standard InChI is InChI=1S/C17H16BrFN2O3S/c1-10-2-6-13(25(23,24)21-12-4-5-12)9-14(10)17(22)20-16-7-3-11(18)8-15(16)19/h2-3,6-9,12,21H,4-5H2,1H3,(H,20,22). The van der Waals surface area contributed by atoms with Gasteiger partial charge in [0.25, 0.3) is 5.91 Å². The number of hydrogen-bond acceptors (Lipinski definition) is 3. The maximum Gasteiger partial charge on any atom is 0.256 e. The van der Waals surface area contributed by atoms with E-state index >= 15 is 0 Å². The molecule has 0 saturated heterocycles. The first-order valence-corrected chi connectivity index (χ1v) is 9.93. The van der Waals surface area contributed by atoms with Gasteiger partial charge in [-0.05, 0) is 55.7 Å². The summed E-state index contributed by atoms with van der Waals surface area (Å²) in [4.78, 5) is 12.5. The first kappa shape index (κ1) is 18.0. The molecular formula is C17H16BrFN2O3S. The molecule has 8 heteroatoms. The molecule has 1 aliphatic carbocycles. The van der Waals surface area contributed by atoms with Crippen molar-refractivity contribution in [3.63, 3.8) is 0 Å². The third-order valence-corrected chi connectivity index (χ3v) is 5.85. The smallest absolute Gasteiger partial charge is 0.256 e. The second-order valence-corrected chi connectivity index (χ2v) is 8.58. The molecule has 0 heterocycles. The van der Waals surface area contributed by atoms with Crippen molar-refractivity contribution in [2.75, 3.05) is 5.32 Å². The number of rotatable bonds is 5. The number of nitrogens with one attached hydrogen (secondary N) is 2. The highest BCUT2D eigenvalue weighted by molar-refractivity contribution is 9.10. The zero-order valence-electron chi connectivity index (χ0n) is 13.3. The van der Waals surface area contributed by atoms with Gasteiger partial charge in [0.2, 0.25) is 10.0 Å². The van der Waals surface area contributed by atoms with Crippen LogP contribution < -0.4 is 10.0 Å². The number of anilines is 1. The van der Waals surface area contributed by atoms with Gasteiger partial charge in [0.15, 0.2) is 0 Å². The Labute approximate surface area is 153 Å². The molecule has 1 saturated carbocycles. The molecule has 1 amide bonds. The second kappa shape index (κ2) is 6.86. The van der Waals surface area contributed by atoms with Gasteiger partial charge in [-0.1, -0.05) is 22.0 Å². The molecular weight excluding hydrogens is 411 g/mol. The van der Waals surface area contributed by atoms with Crippen LogP contribution in [0, 0.1) is 12.7 Å². The lowest BCUT2D eigenvalue weighted by atomic mass is 10.1. The summed E-state index contributed by atoms with van der Waals surface area (Å²) in [7, 11) is -3.67. The minimum Gasteiger partial charge on any atom is -0.319 e. The summed E-state index contributed by atoms with van der Waals surface area (Å²) in [6.45, 7) is 1.69. The predicted molar refractivity (Wildman–Crippen MR) is 96.6 cm³/mol. The molecule has 0 radical (unpaired) electrons. The third-order valence-electron chi connectivity index (χ3n) is 3.84. The minimum absolute atomic E-state index is 0.0198. The normalized spacial score (nSPS) is 14.4. The number of halogens is 2. The van der Waals surface area contributed by atoms with Crippen LogP contribution in [0.5, 0.6) is 0 Å². The molecule has 0 bridgehead atoms. The first-order valence-electron chi connectivity index (χ1n) is 7.65. The van der Waals surface area contributed by atoms with E-state index in [0.717, 1.165) is 12.8 Å². The Bertz CT molecular complexity index is 943. The van der Waals surface area contributed by atoms with Gasteiger partial charge in [-0.15, -0.1) is 0 Å². The van der Waals surface area contributed by atoms with E-state index in [0.29, 0.717) is 10.0 Å². The third kappa shape index (κ3) is 4.26. The van der Waals surface area contributed by atoms with Gasteiger partial charge >= 0.3 is 0 Å². The molecule has 0 atom stereocenters. The van der Waals surface area contributed by atoms with Gasteiger partial charge in [-0.25, -0.2) is 17.5 Å². The Balaban J connectivity index is 1.88. The molecule has 132 valence electrons. The van der Waals surface area contributed by atoms with Crippen LogP contribution in [0.2, 0.25) is 0 Å². The fourth-order valence-corrected chi connectivity index (χ4v) is 3.95. The summed E-state index contributed by atoms with van der Waals surface area (Å²) < 4.78 is 41.6. The van der Waals surface area contributed by atoms with Crippen LogP contribution in [0.4, 0.5) is 10.1 Å². The van der Waals surface area contributed by atoms with Gasteiger partial charge in [0.05, 0.1) is 10.6 Å². The topological polar surface area (TPSA) is 75.3 Å². The van der Waals surface area contributed by atoms with E-state index in [1.54, 1.807) is 19.1 Å². The summed E-state index contributed by atoms with van der Waals surface area (Å²) in [5.41, 5.74) is 0.804. The number of aryl methyl sites for hydroxylation is 1. The molecule has 2 aromatic rings. The number of benzene rings is 2. The SMILES string of the molecule is Cc1ccc(S(=O)(=O)NC2CC2)cc1C(=O)Nc1ccc(Br)cc1F. The Morgan fingerprint density at radius 2 is 1.92 bits per heavy atom. The molecule has 0 aromatic heterocycles. The highest BCUT2D eigenvalue weighted by Crippen LogP contribution is 2.24. The zero-order chi connectivity index (χ0) is 18.2. The molecule has 3 rings (SSSR count). The monoisotopic (exact) mass is 426 g/mol. The van der Waals surface area contributed by atoms with Crippen molar-refractivity contribution in [1.82, 2.24) is 4.72 Å². The maximum absolute atomic E-state index is 13.9. The molecule has 2 aromatic carbocycles. The Morgan fingerprint density at radius 1 is 1.20 bits per heavy atom. The highest BCUT2D eigenvalue weighted by atomic mass is 79.9. The van der Waals surface area contributed by atoms with Crippen LogP contribution in [0.1, 0.15) is 28.8 Å². The van der Waals surface area contributed by atoms with Crippen molar-refractivity contribution in [3.05, 3.63) is 57.8 Å². The number of carbonyl (C=O) groups excluding carboxylic acids is 1. The van der Waals surface area contributed by atoms with Gasteiger partial charge in [0.1, 0.15) is 5.82 Å². The van der Waals surface area contributed by atoms with Gasteiger partial charge < -0.3 is 5.32 Å². The predicted octanol–water partition coefficient (Wildman–Crippen LogP) is 3.59. The average molecular weight is 427 g/mol.